The topological polar surface area (TPSA) is 55.4 Å². The van der Waals surface area contributed by atoms with Crippen LogP contribution in [0.15, 0.2) is 18.2 Å². The Bertz CT molecular complexity index is 445. The smallest absolute Gasteiger partial charge is 0.328 e. The minimum absolute atomic E-state index is 0.341. The zero-order chi connectivity index (χ0) is 13.0. The summed E-state index contributed by atoms with van der Waals surface area (Å²) in [6, 6.07) is 4.39. The van der Waals surface area contributed by atoms with E-state index in [1.54, 1.807) is 25.1 Å². The van der Waals surface area contributed by atoms with Gasteiger partial charge in [-0.05, 0) is 31.5 Å². The maximum atomic E-state index is 11.8. The van der Waals surface area contributed by atoms with Gasteiger partial charge in [0.2, 0.25) is 0 Å². The highest BCUT2D eigenvalue weighted by molar-refractivity contribution is 6.33. The van der Waals surface area contributed by atoms with Gasteiger partial charge in [0.15, 0.2) is 0 Å². The average Bonchev–Trinajstić information content (AvgIpc) is 2.27. The molecule has 0 heterocycles. The molecule has 1 rings (SSSR count). The monoisotopic (exact) mass is 255 g/mol. The number of amides is 1. The lowest BCUT2D eigenvalue weighted by Gasteiger charge is -2.12. The average molecular weight is 256 g/mol. The lowest BCUT2D eigenvalue weighted by atomic mass is 10.1. The van der Waals surface area contributed by atoms with E-state index < -0.39 is 17.9 Å². The standard InChI is InChI=1S/C12H14ClNO3/c1-7-4-5-9(10(13)6-7)11(15)14-8(2)12(16)17-3/h4-6,8H,1-3H3,(H,14,15). The molecule has 1 amide bonds. The van der Waals surface area contributed by atoms with Gasteiger partial charge in [-0.1, -0.05) is 17.7 Å². The number of methoxy groups -OCH3 is 1. The van der Waals surface area contributed by atoms with E-state index in [9.17, 15) is 9.59 Å². The van der Waals surface area contributed by atoms with Crippen molar-refractivity contribution in [2.24, 2.45) is 0 Å². The van der Waals surface area contributed by atoms with E-state index in [0.717, 1.165) is 5.56 Å². The molecule has 0 aliphatic carbocycles. The van der Waals surface area contributed by atoms with E-state index in [1.807, 2.05) is 6.92 Å². The van der Waals surface area contributed by atoms with Crippen LogP contribution in [-0.4, -0.2) is 25.0 Å². The molecule has 92 valence electrons. The second-order valence-corrected chi connectivity index (χ2v) is 4.11. The van der Waals surface area contributed by atoms with Crippen LogP contribution in [0.1, 0.15) is 22.8 Å². The van der Waals surface area contributed by atoms with E-state index in [2.05, 4.69) is 10.1 Å². The number of carbonyl (C=O) groups excluding carboxylic acids is 2. The quantitative estimate of drug-likeness (QED) is 0.840. The third kappa shape index (κ3) is 3.46. The maximum absolute atomic E-state index is 11.8. The van der Waals surface area contributed by atoms with Crippen LogP contribution < -0.4 is 5.32 Å². The van der Waals surface area contributed by atoms with Crippen molar-refractivity contribution in [1.29, 1.82) is 0 Å². The van der Waals surface area contributed by atoms with Crippen molar-refractivity contribution >= 4 is 23.5 Å². The van der Waals surface area contributed by atoms with Gasteiger partial charge in [-0.2, -0.15) is 0 Å². The first-order chi connectivity index (χ1) is 7.95. The Balaban J connectivity index is 2.80. The zero-order valence-electron chi connectivity index (χ0n) is 9.91. The summed E-state index contributed by atoms with van der Waals surface area (Å²) in [6.07, 6.45) is 0. The van der Waals surface area contributed by atoms with Crippen LogP contribution in [0.4, 0.5) is 0 Å². The Morgan fingerprint density at radius 2 is 2.06 bits per heavy atom. The normalized spacial score (nSPS) is 11.8. The van der Waals surface area contributed by atoms with Crippen LogP contribution in [-0.2, 0) is 9.53 Å². The van der Waals surface area contributed by atoms with Crippen molar-refractivity contribution in [3.63, 3.8) is 0 Å². The Morgan fingerprint density at radius 3 is 2.59 bits per heavy atom. The molecule has 0 saturated heterocycles. The number of halogens is 1. The molecule has 1 atom stereocenters. The van der Waals surface area contributed by atoms with Gasteiger partial charge >= 0.3 is 5.97 Å². The highest BCUT2D eigenvalue weighted by atomic mass is 35.5. The summed E-state index contributed by atoms with van der Waals surface area (Å²) in [5.41, 5.74) is 1.31. The first-order valence-electron chi connectivity index (χ1n) is 5.10. The molecule has 0 aliphatic heterocycles. The SMILES string of the molecule is COC(=O)C(C)NC(=O)c1ccc(C)cc1Cl. The Morgan fingerprint density at radius 1 is 1.41 bits per heavy atom. The number of rotatable bonds is 3. The second-order valence-electron chi connectivity index (χ2n) is 3.70. The third-order valence-electron chi connectivity index (χ3n) is 2.27. The van der Waals surface area contributed by atoms with Crippen molar-refractivity contribution in [3.05, 3.63) is 34.3 Å². The second kappa shape index (κ2) is 5.68. The predicted octanol–water partition coefficient (Wildman–Crippen LogP) is 1.94. The molecular weight excluding hydrogens is 242 g/mol. The fraction of sp³-hybridized carbons (Fsp3) is 0.333. The molecule has 0 bridgehead atoms. The Labute approximate surface area is 105 Å². The molecule has 5 heteroatoms. The van der Waals surface area contributed by atoms with Crippen LogP contribution in [0.25, 0.3) is 0 Å². The molecular formula is C12H14ClNO3. The fourth-order valence-corrected chi connectivity index (χ4v) is 1.64. The zero-order valence-corrected chi connectivity index (χ0v) is 10.7. The molecule has 1 N–H and O–H groups in total. The molecule has 0 spiro atoms. The molecule has 1 aromatic rings. The molecule has 0 aliphatic rings. The molecule has 0 radical (unpaired) electrons. The van der Waals surface area contributed by atoms with E-state index in [-0.39, 0.29) is 0 Å². The Kier molecular flexibility index (Phi) is 4.52. The van der Waals surface area contributed by atoms with Gasteiger partial charge in [-0.25, -0.2) is 4.79 Å². The van der Waals surface area contributed by atoms with Gasteiger partial charge in [-0.3, -0.25) is 4.79 Å². The number of carbonyl (C=O) groups is 2. The van der Waals surface area contributed by atoms with Crippen molar-refractivity contribution in [1.82, 2.24) is 5.32 Å². The summed E-state index contributed by atoms with van der Waals surface area (Å²) in [4.78, 5) is 23.0. The van der Waals surface area contributed by atoms with Gasteiger partial charge in [0.05, 0.1) is 17.7 Å². The van der Waals surface area contributed by atoms with E-state index in [1.165, 1.54) is 7.11 Å². The molecule has 17 heavy (non-hydrogen) atoms. The predicted molar refractivity (Wildman–Crippen MR) is 65.1 cm³/mol. The van der Waals surface area contributed by atoms with E-state index in [4.69, 9.17) is 11.6 Å². The minimum Gasteiger partial charge on any atom is -0.467 e. The third-order valence-corrected chi connectivity index (χ3v) is 2.58. The molecule has 0 aromatic heterocycles. The van der Waals surface area contributed by atoms with Crippen LogP contribution >= 0.6 is 11.6 Å². The number of ether oxygens (including phenoxy) is 1. The maximum Gasteiger partial charge on any atom is 0.328 e. The fourth-order valence-electron chi connectivity index (χ4n) is 1.31. The van der Waals surface area contributed by atoms with Crippen LogP contribution in [0.2, 0.25) is 5.02 Å². The van der Waals surface area contributed by atoms with Gasteiger partial charge < -0.3 is 10.1 Å². The number of hydrogen-bond donors (Lipinski definition) is 1. The van der Waals surface area contributed by atoms with Gasteiger partial charge in [0.1, 0.15) is 6.04 Å². The summed E-state index contributed by atoms with van der Waals surface area (Å²) < 4.78 is 4.51. The molecule has 1 unspecified atom stereocenters. The lowest BCUT2D eigenvalue weighted by Crippen LogP contribution is -2.39. The van der Waals surface area contributed by atoms with Gasteiger partial charge in [-0.15, -0.1) is 0 Å². The molecule has 1 aromatic carbocycles. The van der Waals surface area contributed by atoms with Crippen LogP contribution in [0.3, 0.4) is 0 Å². The van der Waals surface area contributed by atoms with Crippen LogP contribution in [0, 0.1) is 6.92 Å². The molecule has 4 nitrogen and oxygen atoms in total. The van der Waals surface area contributed by atoms with Crippen molar-refractivity contribution in [2.45, 2.75) is 19.9 Å². The summed E-state index contributed by atoms with van der Waals surface area (Å²) >= 11 is 5.94. The first kappa shape index (κ1) is 13.5. The number of nitrogens with one attached hydrogen (secondary N) is 1. The van der Waals surface area contributed by atoms with Crippen molar-refractivity contribution in [3.8, 4) is 0 Å². The summed E-state index contributed by atoms with van der Waals surface area (Å²) in [6.45, 7) is 3.43. The van der Waals surface area contributed by atoms with Crippen molar-refractivity contribution < 1.29 is 14.3 Å². The van der Waals surface area contributed by atoms with E-state index >= 15 is 0 Å². The molecule has 0 saturated carbocycles. The lowest BCUT2D eigenvalue weighted by molar-refractivity contribution is -0.142. The van der Waals surface area contributed by atoms with Crippen molar-refractivity contribution in [2.75, 3.05) is 7.11 Å². The highest BCUT2D eigenvalue weighted by Gasteiger charge is 2.18. The number of aryl methyl sites for hydroxylation is 1. The number of hydrogen-bond acceptors (Lipinski definition) is 3. The highest BCUT2D eigenvalue weighted by Crippen LogP contribution is 2.17. The van der Waals surface area contributed by atoms with Gasteiger partial charge in [0, 0.05) is 0 Å². The van der Waals surface area contributed by atoms with Gasteiger partial charge in [0.25, 0.3) is 5.91 Å². The summed E-state index contributed by atoms with van der Waals surface area (Å²) in [7, 11) is 1.27. The van der Waals surface area contributed by atoms with E-state index in [0.29, 0.717) is 10.6 Å². The summed E-state index contributed by atoms with van der Waals surface area (Å²) in [5.74, 6) is -0.894. The number of esters is 1. The minimum atomic E-state index is -0.704. The molecule has 0 fully saturated rings. The first-order valence-corrected chi connectivity index (χ1v) is 5.48. The summed E-state index contributed by atoms with van der Waals surface area (Å²) in [5, 5.41) is 2.87. The van der Waals surface area contributed by atoms with Crippen LogP contribution in [0.5, 0.6) is 0 Å². The number of benzene rings is 1. The largest absolute Gasteiger partial charge is 0.467 e. The Hall–Kier alpha value is -1.55.